The van der Waals surface area contributed by atoms with Gasteiger partial charge in [0.1, 0.15) is 0 Å². The van der Waals surface area contributed by atoms with E-state index in [1.807, 2.05) is 11.4 Å². The lowest BCUT2D eigenvalue weighted by atomic mass is 10.1. The number of halogens is 1. The molecule has 1 N–H and O–H groups in total. The molecule has 7 heteroatoms. The molecule has 0 unspecified atom stereocenters. The number of aromatic nitrogens is 1. The third-order valence-electron chi connectivity index (χ3n) is 3.12. The zero-order chi connectivity index (χ0) is 14.8. The van der Waals surface area contributed by atoms with E-state index in [0.29, 0.717) is 11.9 Å². The molecule has 0 atom stereocenters. The smallest absolute Gasteiger partial charge is 0.277 e. The largest absolute Gasteiger partial charge is 0.380 e. The van der Waals surface area contributed by atoms with Crippen LogP contribution in [0.2, 0.25) is 0 Å². The van der Waals surface area contributed by atoms with Crippen LogP contribution in [0.15, 0.2) is 46.5 Å². The Labute approximate surface area is 132 Å². The van der Waals surface area contributed by atoms with Gasteiger partial charge in [-0.2, -0.15) is 0 Å². The van der Waals surface area contributed by atoms with E-state index in [9.17, 15) is 10.1 Å². The van der Waals surface area contributed by atoms with Crippen LogP contribution in [0.25, 0.3) is 10.8 Å². The number of nitro groups is 1. The van der Waals surface area contributed by atoms with Crippen molar-refractivity contribution in [2.75, 3.05) is 5.32 Å². The Morgan fingerprint density at radius 3 is 2.86 bits per heavy atom. The number of benzene rings is 1. The van der Waals surface area contributed by atoms with Gasteiger partial charge in [0.05, 0.1) is 16.9 Å². The highest BCUT2D eigenvalue weighted by Gasteiger charge is 2.14. The topological polar surface area (TPSA) is 68.1 Å². The van der Waals surface area contributed by atoms with Crippen molar-refractivity contribution in [1.29, 1.82) is 0 Å². The Bertz CT molecular complexity index is 819. The van der Waals surface area contributed by atoms with E-state index in [2.05, 4.69) is 26.2 Å². The fourth-order valence-electron chi connectivity index (χ4n) is 2.11. The molecule has 0 saturated heterocycles. The third-order valence-corrected chi connectivity index (χ3v) is 5.05. The summed E-state index contributed by atoms with van der Waals surface area (Å²) in [5.74, 6) is 0. The summed E-state index contributed by atoms with van der Waals surface area (Å²) in [5, 5.41) is 17.7. The molecule has 2 heterocycles. The lowest BCUT2D eigenvalue weighted by Crippen LogP contribution is -2.00. The zero-order valence-electron chi connectivity index (χ0n) is 10.7. The average molecular weight is 364 g/mol. The molecule has 0 radical (unpaired) electrons. The van der Waals surface area contributed by atoms with Crippen LogP contribution >= 0.6 is 27.3 Å². The summed E-state index contributed by atoms with van der Waals surface area (Å²) in [6.07, 6.45) is 3.21. The highest BCUT2D eigenvalue weighted by Crippen LogP contribution is 2.31. The number of hydrogen-bond donors (Lipinski definition) is 1. The summed E-state index contributed by atoms with van der Waals surface area (Å²) in [4.78, 5) is 15.9. The Balaban J connectivity index is 1.98. The van der Waals surface area contributed by atoms with Crippen molar-refractivity contribution in [1.82, 2.24) is 4.98 Å². The molecule has 0 aliphatic carbocycles. The van der Waals surface area contributed by atoms with Crippen molar-refractivity contribution in [3.8, 4) is 0 Å². The predicted molar refractivity (Wildman–Crippen MR) is 87.7 cm³/mol. The minimum absolute atomic E-state index is 0.0928. The van der Waals surface area contributed by atoms with Crippen molar-refractivity contribution in [2.45, 2.75) is 6.54 Å². The summed E-state index contributed by atoms with van der Waals surface area (Å²) in [5.41, 5.74) is 0.930. The van der Waals surface area contributed by atoms with Crippen LogP contribution < -0.4 is 5.32 Å². The molecule has 106 valence electrons. The van der Waals surface area contributed by atoms with Crippen molar-refractivity contribution in [2.24, 2.45) is 0 Å². The van der Waals surface area contributed by atoms with Crippen molar-refractivity contribution in [3.63, 3.8) is 0 Å². The van der Waals surface area contributed by atoms with Gasteiger partial charge in [0.25, 0.3) is 5.69 Å². The van der Waals surface area contributed by atoms with Gasteiger partial charge < -0.3 is 5.32 Å². The second-order valence-electron chi connectivity index (χ2n) is 4.36. The number of nitrogens with zero attached hydrogens (tertiary/aromatic N) is 2. The van der Waals surface area contributed by atoms with E-state index < -0.39 is 0 Å². The summed E-state index contributed by atoms with van der Waals surface area (Å²) < 4.78 is 1.06. The molecular weight excluding hydrogens is 354 g/mol. The van der Waals surface area contributed by atoms with Crippen molar-refractivity contribution >= 4 is 49.4 Å². The number of anilines is 1. The van der Waals surface area contributed by atoms with Gasteiger partial charge >= 0.3 is 0 Å². The Kier molecular flexibility index (Phi) is 3.85. The summed E-state index contributed by atoms with van der Waals surface area (Å²) >= 11 is 5.14. The molecule has 3 rings (SSSR count). The van der Waals surface area contributed by atoms with Gasteiger partial charge in [0.15, 0.2) is 0 Å². The molecule has 0 aliphatic heterocycles. The first kappa shape index (κ1) is 14.0. The molecular formula is C14H10BrN3O2S. The number of pyridine rings is 1. The van der Waals surface area contributed by atoms with Gasteiger partial charge in [-0.15, -0.1) is 11.3 Å². The van der Waals surface area contributed by atoms with Gasteiger partial charge in [0.2, 0.25) is 0 Å². The number of nitrogens with one attached hydrogen (secondary N) is 1. The first-order valence-corrected chi connectivity index (χ1v) is 7.81. The molecule has 3 aromatic rings. The number of thiophene rings is 1. The van der Waals surface area contributed by atoms with Crippen LogP contribution in [-0.2, 0) is 6.54 Å². The van der Waals surface area contributed by atoms with Crippen LogP contribution in [0.4, 0.5) is 11.4 Å². The van der Waals surface area contributed by atoms with E-state index in [-0.39, 0.29) is 10.6 Å². The number of hydrogen-bond acceptors (Lipinski definition) is 5. The van der Waals surface area contributed by atoms with Crippen molar-refractivity contribution < 1.29 is 4.92 Å². The third kappa shape index (κ3) is 2.74. The lowest BCUT2D eigenvalue weighted by molar-refractivity contribution is -0.383. The second kappa shape index (κ2) is 5.79. The van der Waals surface area contributed by atoms with Crippen LogP contribution in [-0.4, -0.2) is 9.91 Å². The first-order valence-electron chi connectivity index (χ1n) is 6.13. The fourth-order valence-corrected chi connectivity index (χ4v) is 3.55. The van der Waals surface area contributed by atoms with E-state index in [4.69, 9.17) is 0 Å². The van der Waals surface area contributed by atoms with E-state index >= 15 is 0 Å². The first-order chi connectivity index (χ1) is 10.2. The lowest BCUT2D eigenvalue weighted by Gasteiger charge is -2.09. The fraction of sp³-hybridized carbons (Fsp3) is 0.0714. The zero-order valence-corrected chi connectivity index (χ0v) is 13.1. The standard InChI is InChI=1S/C14H10BrN3O2S/c15-11-4-6-21-14(11)8-17-12-1-2-13(18(19)20)9-3-5-16-7-10(9)12/h1-7,17H,8H2. The monoisotopic (exact) mass is 363 g/mol. The molecule has 2 aromatic heterocycles. The minimum Gasteiger partial charge on any atom is -0.380 e. The van der Waals surface area contributed by atoms with E-state index in [1.54, 1.807) is 35.9 Å². The van der Waals surface area contributed by atoms with Crippen LogP contribution in [0.3, 0.4) is 0 Å². The molecule has 0 amide bonds. The van der Waals surface area contributed by atoms with Gasteiger partial charge in [0, 0.05) is 38.9 Å². The molecule has 0 bridgehead atoms. The Hall–Kier alpha value is -1.99. The van der Waals surface area contributed by atoms with Gasteiger partial charge in [-0.05, 0) is 39.5 Å². The normalized spacial score (nSPS) is 10.7. The number of fused-ring (bicyclic) bond motifs is 1. The SMILES string of the molecule is O=[N+]([O-])c1ccc(NCc2sccc2Br)c2cnccc12. The van der Waals surface area contributed by atoms with Gasteiger partial charge in [-0.1, -0.05) is 0 Å². The molecule has 1 aromatic carbocycles. The minimum atomic E-state index is -0.373. The van der Waals surface area contributed by atoms with Crippen LogP contribution in [0, 0.1) is 10.1 Å². The number of rotatable bonds is 4. The predicted octanol–water partition coefficient (Wildman–Crippen LogP) is 4.58. The maximum absolute atomic E-state index is 11.1. The van der Waals surface area contributed by atoms with Crippen molar-refractivity contribution in [3.05, 3.63) is 61.5 Å². The highest BCUT2D eigenvalue weighted by atomic mass is 79.9. The Morgan fingerprint density at radius 1 is 1.29 bits per heavy atom. The second-order valence-corrected chi connectivity index (χ2v) is 6.21. The highest BCUT2D eigenvalue weighted by molar-refractivity contribution is 9.10. The molecule has 0 aliphatic rings. The summed E-state index contributed by atoms with van der Waals surface area (Å²) in [6.45, 7) is 0.653. The molecule has 5 nitrogen and oxygen atoms in total. The van der Waals surface area contributed by atoms with E-state index in [1.165, 1.54) is 10.9 Å². The van der Waals surface area contributed by atoms with Gasteiger partial charge in [-0.25, -0.2) is 0 Å². The quantitative estimate of drug-likeness (QED) is 0.544. The van der Waals surface area contributed by atoms with E-state index in [0.717, 1.165) is 15.5 Å². The molecule has 0 fully saturated rings. The number of non-ortho nitro benzene ring substituents is 1. The molecule has 0 spiro atoms. The Morgan fingerprint density at radius 2 is 2.14 bits per heavy atom. The van der Waals surface area contributed by atoms with Crippen LogP contribution in [0.1, 0.15) is 4.88 Å². The maximum Gasteiger partial charge on any atom is 0.277 e. The van der Waals surface area contributed by atoms with Crippen LogP contribution in [0.5, 0.6) is 0 Å². The van der Waals surface area contributed by atoms with Gasteiger partial charge in [-0.3, -0.25) is 15.1 Å². The summed E-state index contributed by atoms with van der Waals surface area (Å²) in [6, 6.07) is 6.91. The molecule has 21 heavy (non-hydrogen) atoms. The molecule has 0 saturated carbocycles. The number of nitro benzene ring substituents is 1. The maximum atomic E-state index is 11.1. The average Bonchev–Trinajstić information content (AvgIpc) is 2.89. The summed E-state index contributed by atoms with van der Waals surface area (Å²) in [7, 11) is 0.